The Labute approximate surface area is 182 Å². The topological polar surface area (TPSA) is 75.4 Å². The summed E-state index contributed by atoms with van der Waals surface area (Å²) in [5.74, 6) is -2.43. The van der Waals surface area contributed by atoms with E-state index >= 15 is 0 Å². The largest absolute Gasteiger partial charge is 0.502 e. The summed E-state index contributed by atoms with van der Waals surface area (Å²) in [5, 5.41) is 14.7. The predicted molar refractivity (Wildman–Crippen MR) is 112 cm³/mol. The third-order valence-corrected chi connectivity index (χ3v) is 6.59. The van der Waals surface area contributed by atoms with E-state index in [0.717, 1.165) is 12.6 Å². The summed E-state index contributed by atoms with van der Waals surface area (Å²) in [7, 11) is 0. The molecule has 8 heteroatoms. The number of hydrogen-bond acceptors (Lipinski definition) is 4. The lowest BCUT2D eigenvalue weighted by Gasteiger charge is -2.43. The summed E-state index contributed by atoms with van der Waals surface area (Å²) < 4.78 is 29.4. The van der Waals surface area contributed by atoms with E-state index in [0.29, 0.717) is 17.5 Å². The van der Waals surface area contributed by atoms with Crippen LogP contribution in [-0.2, 0) is 0 Å². The van der Waals surface area contributed by atoms with E-state index in [1.54, 1.807) is 29.2 Å². The molecular weight excluding hydrogens is 416 g/mol. The van der Waals surface area contributed by atoms with E-state index in [1.807, 2.05) is 6.92 Å². The molecule has 5 rings (SSSR count). The lowest BCUT2D eigenvalue weighted by molar-refractivity contribution is 0.0491. The van der Waals surface area contributed by atoms with Crippen LogP contribution in [0.3, 0.4) is 0 Å². The number of hydrogen-bond donors (Lipinski definition) is 1. The second-order valence-electron chi connectivity index (χ2n) is 8.43. The number of benzene rings is 2. The van der Waals surface area contributed by atoms with Crippen LogP contribution < -0.4 is 5.43 Å². The maximum atomic E-state index is 14.3. The van der Waals surface area contributed by atoms with Crippen molar-refractivity contribution in [2.45, 2.75) is 43.8 Å². The van der Waals surface area contributed by atoms with Gasteiger partial charge in [-0.1, -0.05) is 24.3 Å². The highest BCUT2D eigenvalue weighted by Gasteiger charge is 2.50. The fourth-order valence-corrected chi connectivity index (χ4v) is 5.19. The number of carbonyl (C=O) groups excluding carboxylic acids is 1. The molecule has 0 unspecified atom stereocenters. The van der Waals surface area contributed by atoms with E-state index in [1.165, 1.54) is 28.9 Å². The molecule has 0 bridgehead atoms. The summed E-state index contributed by atoms with van der Waals surface area (Å²) in [6, 6.07) is 11.1. The van der Waals surface area contributed by atoms with Crippen LogP contribution in [0.4, 0.5) is 8.78 Å². The zero-order valence-electron chi connectivity index (χ0n) is 17.3. The van der Waals surface area contributed by atoms with E-state index in [2.05, 4.69) is 5.10 Å². The first kappa shape index (κ1) is 20.4. The van der Waals surface area contributed by atoms with Gasteiger partial charge in [-0.2, -0.15) is 5.10 Å². The van der Waals surface area contributed by atoms with Crippen molar-refractivity contribution < 1.29 is 18.7 Å². The number of rotatable bonds is 3. The van der Waals surface area contributed by atoms with E-state index in [-0.39, 0.29) is 17.8 Å². The Balaban J connectivity index is 1.79. The quantitative estimate of drug-likeness (QED) is 0.679. The predicted octanol–water partition coefficient (Wildman–Crippen LogP) is 3.61. The highest BCUT2D eigenvalue weighted by molar-refractivity contribution is 5.96. The van der Waals surface area contributed by atoms with Crippen molar-refractivity contribution in [1.29, 1.82) is 0 Å². The third-order valence-electron chi connectivity index (χ3n) is 6.59. The van der Waals surface area contributed by atoms with Gasteiger partial charge in [0, 0.05) is 12.0 Å². The summed E-state index contributed by atoms with van der Waals surface area (Å²) in [6.07, 6.45) is 2.41. The zero-order chi connectivity index (χ0) is 22.6. The standard InChI is InChI=1S/C24H21F2N3O3/c1-13-5-10-18-21(29-22(24(32)28(13)18)23(31)19(30)12-27-29)20(14-6-8-16(25)9-7-14)15-3-2-4-17(26)11-15/h2-4,6-9,11-13,18,20-21,31H,5,10H2,1H3/t13-,18+,20-,21-/m0/s1. The number of carbonyl (C=O) groups is 1. The van der Waals surface area contributed by atoms with Gasteiger partial charge in [-0.15, -0.1) is 0 Å². The number of aromatic hydroxyl groups is 1. The third kappa shape index (κ3) is 3.09. The van der Waals surface area contributed by atoms with Crippen molar-refractivity contribution in [3.05, 3.63) is 93.4 Å². The van der Waals surface area contributed by atoms with Crippen LogP contribution in [-0.4, -0.2) is 37.8 Å². The van der Waals surface area contributed by atoms with E-state index in [9.17, 15) is 23.5 Å². The first-order chi connectivity index (χ1) is 15.4. The average Bonchev–Trinajstić information content (AvgIpc) is 3.16. The van der Waals surface area contributed by atoms with Crippen molar-refractivity contribution in [3.8, 4) is 5.75 Å². The smallest absolute Gasteiger partial charge is 0.276 e. The summed E-state index contributed by atoms with van der Waals surface area (Å²) in [5.41, 5.74) is 0.428. The normalized spacial score (nSPS) is 23.0. The molecule has 2 aliphatic rings. The van der Waals surface area contributed by atoms with Crippen LogP contribution in [0.1, 0.15) is 53.3 Å². The van der Waals surface area contributed by atoms with Gasteiger partial charge >= 0.3 is 0 Å². The van der Waals surface area contributed by atoms with E-state index in [4.69, 9.17) is 0 Å². The average molecular weight is 437 g/mol. The number of nitrogens with zero attached hydrogens (tertiary/aromatic N) is 3. The molecule has 1 aromatic heterocycles. The molecule has 6 nitrogen and oxygen atoms in total. The van der Waals surface area contributed by atoms with E-state index < -0.39 is 40.7 Å². The van der Waals surface area contributed by atoms with Crippen LogP contribution in [0.15, 0.2) is 59.5 Å². The van der Waals surface area contributed by atoms with Crippen LogP contribution in [0.2, 0.25) is 0 Å². The molecule has 0 spiro atoms. The molecule has 0 saturated carbocycles. The highest BCUT2D eigenvalue weighted by Crippen LogP contribution is 2.47. The lowest BCUT2D eigenvalue weighted by Crippen LogP contribution is -2.52. The van der Waals surface area contributed by atoms with Gasteiger partial charge in [-0.3, -0.25) is 14.3 Å². The first-order valence-corrected chi connectivity index (χ1v) is 10.5. The van der Waals surface area contributed by atoms with Gasteiger partial charge in [-0.25, -0.2) is 8.78 Å². The Hall–Kier alpha value is -3.55. The second kappa shape index (κ2) is 7.55. The monoisotopic (exact) mass is 437 g/mol. The van der Waals surface area contributed by atoms with Crippen LogP contribution >= 0.6 is 0 Å². The van der Waals surface area contributed by atoms with Crippen molar-refractivity contribution >= 4 is 5.91 Å². The summed E-state index contributed by atoms with van der Waals surface area (Å²) in [6.45, 7) is 1.92. The first-order valence-electron chi connectivity index (χ1n) is 10.5. The molecular formula is C24H21F2N3O3. The number of amides is 1. The minimum absolute atomic E-state index is 0.0974. The number of fused-ring (bicyclic) bond motifs is 2. The molecule has 3 heterocycles. The number of halogens is 2. The molecule has 3 aromatic rings. The second-order valence-corrected chi connectivity index (χ2v) is 8.43. The molecule has 0 aliphatic carbocycles. The minimum atomic E-state index is -0.738. The molecule has 164 valence electrons. The van der Waals surface area contributed by atoms with Gasteiger partial charge in [0.2, 0.25) is 5.43 Å². The molecule has 2 aliphatic heterocycles. The Morgan fingerprint density at radius 2 is 1.78 bits per heavy atom. The van der Waals surface area contributed by atoms with Gasteiger partial charge < -0.3 is 10.0 Å². The maximum Gasteiger partial charge on any atom is 0.276 e. The Kier molecular flexibility index (Phi) is 4.80. The molecule has 1 N–H and O–H groups in total. The maximum absolute atomic E-state index is 14.3. The summed E-state index contributed by atoms with van der Waals surface area (Å²) in [4.78, 5) is 27.1. The molecule has 2 aromatic carbocycles. The summed E-state index contributed by atoms with van der Waals surface area (Å²) >= 11 is 0. The van der Waals surface area contributed by atoms with Crippen LogP contribution in [0, 0.1) is 11.6 Å². The van der Waals surface area contributed by atoms with Gasteiger partial charge in [-0.05, 0) is 55.2 Å². The van der Waals surface area contributed by atoms with Crippen molar-refractivity contribution in [2.75, 3.05) is 0 Å². The molecule has 0 radical (unpaired) electrons. The van der Waals surface area contributed by atoms with Crippen molar-refractivity contribution in [1.82, 2.24) is 14.7 Å². The van der Waals surface area contributed by atoms with Crippen molar-refractivity contribution in [2.24, 2.45) is 0 Å². The highest BCUT2D eigenvalue weighted by atomic mass is 19.1. The van der Waals surface area contributed by atoms with Gasteiger partial charge in [0.05, 0.1) is 18.3 Å². The molecule has 32 heavy (non-hydrogen) atoms. The molecule has 4 atom stereocenters. The van der Waals surface area contributed by atoms with Crippen molar-refractivity contribution in [3.63, 3.8) is 0 Å². The fraction of sp³-hybridized carbons (Fsp3) is 0.292. The van der Waals surface area contributed by atoms with Gasteiger partial charge in [0.15, 0.2) is 11.4 Å². The van der Waals surface area contributed by atoms with Gasteiger partial charge in [0.25, 0.3) is 5.91 Å². The van der Waals surface area contributed by atoms with Crippen LogP contribution in [0.5, 0.6) is 5.75 Å². The van der Waals surface area contributed by atoms with Crippen LogP contribution in [0.25, 0.3) is 0 Å². The molecule has 1 amide bonds. The Bertz CT molecular complexity index is 1260. The fourth-order valence-electron chi connectivity index (χ4n) is 5.19. The zero-order valence-corrected chi connectivity index (χ0v) is 17.3. The minimum Gasteiger partial charge on any atom is -0.502 e. The Morgan fingerprint density at radius 3 is 2.50 bits per heavy atom. The molecule has 1 saturated heterocycles. The lowest BCUT2D eigenvalue weighted by atomic mass is 9.80. The Morgan fingerprint density at radius 1 is 1.03 bits per heavy atom. The number of aromatic nitrogens is 2. The van der Waals surface area contributed by atoms with Gasteiger partial charge in [0.1, 0.15) is 11.6 Å². The molecule has 1 fully saturated rings. The SMILES string of the molecule is C[C@H]1CC[C@@H]2[C@@H]([C@@H](c3ccc(F)cc3)c3cccc(F)c3)n3ncc(=O)c(O)c3C(=O)N21.